The fourth-order valence-corrected chi connectivity index (χ4v) is 5.01. The van der Waals surface area contributed by atoms with E-state index in [1.54, 1.807) is 18.7 Å². The van der Waals surface area contributed by atoms with E-state index in [1.807, 2.05) is 66.7 Å². The van der Waals surface area contributed by atoms with Crippen LogP contribution in [0.3, 0.4) is 0 Å². The molecule has 3 aromatic rings. The smallest absolute Gasteiger partial charge is 0.295 e. The number of amides is 2. The molecule has 0 aliphatic carbocycles. The van der Waals surface area contributed by atoms with Crippen LogP contribution in [0.5, 0.6) is 0 Å². The van der Waals surface area contributed by atoms with Gasteiger partial charge in [-0.3, -0.25) is 24.0 Å². The van der Waals surface area contributed by atoms with Crippen LogP contribution in [-0.4, -0.2) is 36.9 Å². The van der Waals surface area contributed by atoms with E-state index in [0.29, 0.717) is 27.9 Å². The Morgan fingerprint density at radius 3 is 2.38 bits per heavy atom. The molecule has 1 N–H and O–H groups in total. The molecule has 0 spiro atoms. The van der Waals surface area contributed by atoms with Crippen LogP contribution in [0, 0.1) is 6.92 Å². The number of carbonyl (C=O) groups excluding carboxylic acids is 2. The highest BCUT2D eigenvalue weighted by atomic mass is 32.2. The van der Waals surface area contributed by atoms with Crippen LogP contribution in [0.2, 0.25) is 0 Å². The zero-order valence-corrected chi connectivity index (χ0v) is 20.5. The van der Waals surface area contributed by atoms with Crippen molar-refractivity contribution in [3.05, 3.63) is 87.2 Å². The van der Waals surface area contributed by atoms with E-state index < -0.39 is 0 Å². The first kappa shape index (κ1) is 23.7. The minimum Gasteiger partial charge on any atom is -0.320 e. The largest absolute Gasteiger partial charge is 0.320 e. The minimum absolute atomic E-state index is 0.149. The summed E-state index contributed by atoms with van der Waals surface area (Å²) in [6.45, 7) is 2.13. The number of aromatic nitrogens is 2. The van der Waals surface area contributed by atoms with Crippen molar-refractivity contribution in [3.8, 4) is 5.69 Å². The summed E-state index contributed by atoms with van der Waals surface area (Å²) in [5.41, 5.74) is 2.28. The first-order chi connectivity index (χ1) is 16.4. The zero-order chi connectivity index (χ0) is 24.2. The summed E-state index contributed by atoms with van der Waals surface area (Å²) in [6.07, 6.45) is 2.41. The monoisotopic (exact) mass is 492 g/mol. The Hall–Kier alpha value is -3.43. The van der Waals surface area contributed by atoms with Crippen molar-refractivity contribution in [2.75, 3.05) is 11.9 Å². The van der Waals surface area contributed by atoms with Gasteiger partial charge >= 0.3 is 0 Å². The normalized spacial score (nSPS) is 14.8. The maximum Gasteiger partial charge on any atom is 0.295 e. The Labute approximate surface area is 207 Å². The average Bonchev–Trinajstić information content (AvgIpc) is 3.21. The third kappa shape index (κ3) is 4.90. The molecule has 1 aliphatic rings. The molecule has 7 nitrogen and oxygen atoms in total. The topological polar surface area (TPSA) is 76.3 Å². The van der Waals surface area contributed by atoms with Gasteiger partial charge in [0.25, 0.3) is 11.5 Å². The minimum atomic E-state index is -0.289. The van der Waals surface area contributed by atoms with Crippen molar-refractivity contribution in [1.29, 1.82) is 0 Å². The van der Waals surface area contributed by atoms with E-state index in [2.05, 4.69) is 5.32 Å². The van der Waals surface area contributed by atoms with Crippen LogP contribution in [0.15, 0.2) is 70.4 Å². The van der Waals surface area contributed by atoms with Crippen molar-refractivity contribution in [3.63, 3.8) is 0 Å². The van der Waals surface area contributed by atoms with Crippen molar-refractivity contribution in [1.82, 2.24) is 14.3 Å². The molecule has 4 rings (SSSR count). The lowest BCUT2D eigenvalue weighted by atomic mass is 10.2. The number of anilines is 1. The summed E-state index contributed by atoms with van der Waals surface area (Å²) >= 11 is 6.64. The molecule has 34 heavy (non-hydrogen) atoms. The van der Waals surface area contributed by atoms with Crippen molar-refractivity contribution in [2.45, 2.75) is 19.8 Å². The molecule has 1 aromatic heterocycles. The van der Waals surface area contributed by atoms with Crippen LogP contribution < -0.4 is 10.9 Å². The van der Waals surface area contributed by atoms with Gasteiger partial charge in [0.2, 0.25) is 5.91 Å². The molecule has 0 unspecified atom stereocenters. The molecule has 2 amide bonds. The highest BCUT2D eigenvalue weighted by Crippen LogP contribution is 2.32. The van der Waals surface area contributed by atoms with Gasteiger partial charge in [-0.1, -0.05) is 72.5 Å². The highest BCUT2D eigenvalue weighted by Gasteiger charge is 2.31. The Bertz CT molecular complexity index is 1330. The summed E-state index contributed by atoms with van der Waals surface area (Å²) in [5.74, 6) is -0.430. The number of hydrogen-bond acceptors (Lipinski definition) is 5. The predicted octanol–water partition coefficient (Wildman–Crippen LogP) is 4.10. The van der Waals surface area contributed by atoms with E-state index >= 15 is 0 Å². The molecule has 0 bridgehead atoms. The number of nitrogens with zero attached hydrogens (tertiary/aromatic N) is 3. The zero-order valence-electron chi connectivity index (χ0n) is 18.9. The maximum absolute atomic E-state index is 13.0. The summed E-state index contributed by atoms with van der Waals surface area (Å²) in [7, 11) is 1.78. The van der Waals surface area contributed by atoms with Crippen molar-refractivity contribution >= 4 is 51.9 Å². The molecule has 2 aromatic carbocycles. The quantitative estimate of drug-likeness (QED) is 0.397. The number of rotatable bonds is 7. The van der Waals surface area contributed by atoms with Crippen molar-refractivity contribution < 1.29 is 9.59 Å². The molecule has 174 valence electrons. The standard InChI is InChI=1S/C25H24N4O3S2/c1-17-22(24(32)29(27(17)2)19-12-7-4-8-13-19)26-21(30)14-9-15-28-23(31)20(34-25(28)33)16-18-10-5-3-6-11-18/h3-8,10-13,16H,9,14-15H2,1-2H3,(H,26,30). The van der Waals surface area contributed by atoms with Crippen LogP contribution >= 0.6 is 24.0 Å². The molecule has 2 heterocycles. The van der Waals surface area contributed by atoms with Crippen LogP contribution in [-0.2, 0) is 16.6 Å². The first-order valence-electron chi connectivity index (χ1n) is 10.8. The van der Waals surface area contributed by atoms with E-state index in [4.69, 9.17) is 12.2 Å². The third-order valence-corrected chi connectivity index (χ3v) is 6.95. The number of carbonyl (C=O) groups is 2. The second-order valence-corrected chi connectivity index (χ2v) is 9.51. The SMILES string of the molecule is Cc1c(NC(=O)CCCN2C(=O)C(=Cc3ccccc3)SC2=S)c(=O)n(-c2ccccc2)n1C. The van der Waals surface area contributed by atoms with Gasteiger partial charge in [-0.15, -0.1) is 0 Å². The lowest BCUT2D eigenvalue weighted by molar-refractivity contribution is -0.122. The third-order valence-electron chi connectivity index (χ3n) is 5.58. The summed E-state index contributed by atoms with van der Waals surface area (Å²) in [5, 5.41) is 2.75. The Kier molecular flexibility index (Phi) is 7.14. The fourth-order valence-electron chi connectivity index (χ4n) is 3.71. The number of nitrogens with one attached hydrogen (secondary N) is 1. The first-order valence-corrected chi connectivity index (χ1v) is 12.0. The van der Waals surface area contributed by atoms with E-state index in [9.17, 15) is 14.4 Å². The van der Waals surface area contributed by atoms with Gasteiger partial charge in [0.15, 0.2) is 0 Å². The Morgan fingerprint density at radius 1 is 1.06 bits per heavy atom. The summed E-state index contributed by atoms with van der Waals surface area (Å²) in [4.78, 5) is 40.4. The number of thiocarbonyl (C=S) groups is 1. The predicted molar refractivity (Wildman–Crippen MR) is 140 cm³/mol. The molecule has 1 aliphatic heterocycles. The van der Waals surface area contributed by atoms with Crippen LogP contribution in [0.25, 0.3) is 11.8 Å². The van der Waals surface area contributed by atoms with Gasteiger partial charge < -0.3 is 5.32 Å². The van der Waals surface area contributed by atoms with Crippen LogP contribution in [0.4, 0.5) is 5.69 Å². The highest BCUT2D eigenvalue weighted by molar-refractivity contribution is 8.26. The fraction of sp³-hybridized carbons (Fsp3) is 0.200. The second-order valence-electron chi connectivity index (χ2n) is 7.83. The summed E-state index contributed by atoms with van der Waals surface area (Å²) in [6, 6.07) is 18.8. The van der Waals surface area contributed by atoms with Gasteiger partial charge in [-0.05, 0) is 37.1 Å². The molecule has 0 saturated carbocycles. The number of para-hydroxylation sites is 1. The average molecular weight is 493 g/mol. The van der Waals surface area contributed by atoms with E-state index in [1.165, 1.54) is 21.3 Å². The second kappa shape index (κ2) is 10.2. The van der Waals surface area contributed by atoms with Gasteiger partial charge in [0.05, 0.1) is 16.3 Å². The lowest BCUT2D eigenvalue weighted by Crippen LogP contribution is -2.30. The maximum atomic E-state index is 13.0. The van der Waals surface area contributed by atoms with Gasteiger partial charge in [-0.25, -0.2) is 4.68 Å². The molecular weight excluding hydrogens is 468 g/mol. The van der Waals surface area contributed by atoms with Gasteiger partial charge in [-0.2, -0.15) is 0 Å². The molecule has 0 radical (unpaired) electrons. The Morgan fingerprint density at radius 2 is 1.71 bits per heavy atom. The van der Waals surface area contributed by atoms with Crippen molar-refractivity contribution in [2.24, 2.45) is 7.05 Å². The Balaban J connectivity index is 1.37. The molecule has 0 atom stereocenters. The lowest BCUT2D eigenvalue weighted by Gasteiger charge is -2.14. The number of hydrogen-bond donors (Lipinski definition) is 1. The van der Waals surface area contributed by atoms with Gasteiger partial charge in [0, 0.05) is 20.0 Å². The van der Waals surface area contributed by atoms with E-state index in [0.717, 1.165) is 11.3 Å². The summed E-state index contributed by atoms with van der Waals surface area (Å²) < 4.78 is 3.72. The number of thioether (sulfide) groups is 1. The van der Waals surface area contributed by atoms with E-state index in [-0.39, 0.29) is 29.5 Å². The van der Waals surface area contributed by atoms with Crippen LogP contribution in [0.1, 0.15) is 24.1 Å². The van der Waals surface area contributed by atoms with Gasteiger partial charge in [0.1, 0.15) is 10.0 Å². The molecule has 9 heteroatoms. The molecule has 1 fully saturated rings. The number of benzene rings is 2. The molecule has 1 saturated heterocycles. The molecular formula is C25H24N4O3S2.